The van der Waals surface area contributed by atoms with Crippen LogP contribution in [0, 0.1) is 6.92 Å². The molecular weight excluding hydrogens is 194 g/mol. The van der Waals surface area contributed by atoms with Gasteiger partial charge in [-0.2, -0.15) is 0 Å². The molecule has 0 unspecified atom stereocenters. The maximum Gasteiger partial charge on any atom is 0.337 e. The highest BCUT2D eigenvalue weighted by Gasteiger charge is 2.25. The van der Waals surface area contributed by atoms with Crippen LogP contribution in [0.1, 0.15) is 5.56 Å². The van der Waals surface area contributed by atoms with E-state index in [9.17, 15) is 9.90 Å². The Labute approximate surface area is 87.9 Å². The SMILES string of the molecule is Cc1ccc(O)c(N2CN(C)C(=O)N2)c1. The number of hydrogen-bond donors (Lipinski definition) is 2. The number of carbonyl (C=O) groups is 1. The van der Waals surface area contributed by atoms with E-state index in [-0.39, 0.29) is 11.8 Å². The van der Waals surface area contributed by atoms with Gasteiger partial charge in [0.05, 0.1) is 0 Å². The summed E-state index contributed by atoms with van der Waals surface area (Å²) in [7, 11) is 1.70. The van der Waals surface area contributed by atoms with Gasteiger partial charge in [-0.1, -0.05) is 6.07 Å². The lowest BCUT2D eigenvalue weighted by molar-refractivity contribution is 0.226. The average Bonchev–Trinajstić information content (AvgIpc) is 2.51. The van der Waals surface area contributed by atoms with E-state index in [2.05, 4.69) is 5.43 Å². The highest BCUT2D eigenvalue weighted by atomic mass is 16.3. The monoisotopic (exact) mass is 207 g/mol. The van der Waals surface area contributed by atoms with Crippen molar-refractivity contribution in [2.45, 2.75) is 6.92 Å². The van der Waals surface area contributed by atoms with Gasteiger partial charge in [0.2, 0.25) is 0 Å². The Balaban J connectivity index is 2.30. The van der Waals surface area contributed by atoms with Crippen molar-refractivity contribution >= 4 is 11.7 Å². The molecule has 0 aliphatic carbocycles. The molecule has 0 atom stereocenters. The number of nitrogens with zero attached hydrogens (tertiary/aromatic N) is 2. The van der Waals surface area contributed by atoms with Crippen molar-refractivity contribution in [2.75, 3.05) is 18.7 Å². The summed E-state index contributed by atoms with van der Waals surface area (Å²) in [6.45, 7) is 2.36. The van der Waals surface area contributed by atoms with Gasteiger partial charge in [-0.05, 0) is 24.6 Å². The van der Waals surface area contributed by atoms with Gasteiger partial charge < -0.3 is 10.0 Å². The number of amides is 2. The smallest absolute Gasteiger partial charge is 0.337 e. The van der Waals surface area contributed by atoms with Crippen LogP contribution in [-0.4, -0.2) is 29.8 Å². The second-order valence-corrected chi connectivity index (χ2v) is 3.68. The molecule has 80 valence electrons. The van der Waals surface area contributed by atoms with Gasteiger partial charge in [-0.3, -0.25) is 5.01 Å². The molecule has 1 aromatic carbocycles. The number of hydrazine groups is 1. The average molecular weight is 207 g/mol. The van der Waals surface area contributed by atoms with Gasteiger partial charge in [0, 0.05) is 7.05 Å². The van der Waals surface area contributed by atoms with E-state index in [0.717, 1.165) is 5.56 Å². The van der Waals surface area contributed by atoms with Crippen molar-refractivity contribution < 1.29 is 9.90 Å². The number of phenols is 1. The molecule has 0 saturated carbocycles. The topological polar surface area (TPSA) is 55.8 Å². The van der Waals surface area contributed by atoms with Gasteiger partial charge in [-0.25, -0.2) is 10.2 Å². The number of benzene rings is 1. The van der Waals surface area contributed by atoms with Crippen LogP contribution in [0.25, 0.3) is 0 Å². The maximum atomic E-state index is 11.2. The molecule has 0 bridgehead atoms. The second-order valence-electron chi connectivity index (χ2n) is 3.68. The summed E-state index contributed by atoms with van der Waals surface area (Å²) in [6, 6.07) is 5.10. The lowest BCUT2D eigenvalue weighted by Gasteiger charge is -2.18. The number of anilines is 1. The number of aromatic hydroxyl groups is 1. The molecule has 5 heteroatoms. The third-order valence-electron chi connectivity index (χ3n) is 2.35. The molecule has 0 spiro atoms. The molecule has 15 heavy (non-hydrogen) atoms. The summed E-state index contributed by atoms with van der Waals surface area (Å²) in [6.07, 6.45) is 0. The first kappa shape index (κ1) is 9.64. The molecular formula is C10H13N3O2. The molecule has 1 fully saturated rings. The minimum atomic E-state index is -0.170. The number of carbonyl (C=O) groups excluding carboxylic acids is 1. The maximum absolute atomic E-state index is 11.2. The zero-order chi connectivity index (χ0) is 11.0. The van der Waals surface area contributed by atoms with E-state index in [1.807, 2.05) is 19.1 Å². The van der Waals surface area contributed by atoms with E-state index in [0.29, 0.717) is 12.4 Å². The standard InChI is InChI=1S/C10H13N3O2/c1-7-3-4-9(14)8(5-7)13-6-12(2)10(15)11-13/h3-5,14H,6H2,1-2H3,(H,11,15). The van der Waals surface area contributed by atoms with Gasteiger partial charge in [0.15, 0.2) is 0 Å². The lowest BCUT2D eigenvalue weighted by Crippen LogP contribution is -2.32. The fourth-order valence-corrected chi connectivity index (χ4v) is 1.50. The van der Waals surface area contributed by atoms with Crippen LogP contribution in [0.5, 0.6) is 5.75 Å². The van der Waals surface area contributed by atoms with Gasteiger partial charge in [0.25, 0.3) is 0 Å². The molecule has 1 aromatic rings. The number of phenolic OH excluding ortho intramolecular Hbond substituents is 1. The predicted octanol–water partition coefficient (Wildman–Crippen LogP) is 1.03. The van der Waals surface area contributed by atoms with Gasteiger partial charge >= 0.3 is 6.03 Å². The van der Waals surface area contributed by atoms with Crippen LogP contribution in [0.15, 0.2) is 18.2 Å². The summed E-state index contributed by atoms with van der Waals surface area (Å²) in [4.78, 5) is 12.8. The predicted molar refractivity (Wildman–Crippen MR) is 56.5 cm³/mol. The quantitative estimate of drug-likeness (QED) is 0.723. The van der Waals surface area contributed by atoms with Crippen LogP contribution in [-0.2, 0) is 0 Å². The summed E-state index contributed by atoms with van der Waals surface area (Å²) in [5.41, 5.74) is 4.30. The highest BCUT2D eigenvalue weighted by molar-refractivity contribution is 5.80. The van der Waals surface area contributed by atoms with E-state index in [4.69, 9.17) is 0 Å². The first-order valence-electron chi connectivity index (χ1n) is 4.67. The zero-order valence-electron chi connectivity index (χ0n) is 8.69. The fourth-order valence-electron chi connectivity index (χ4n) is 1.50. The van der Waals surface area contributed by atoms with Gasteiger partial charge in [0.1, 0.15) is 18.1 Å². The Morgan fingerprint density at radius 3 is 2.80 bits per heavy atom. The fraction of sp³-hybridized carbons (Fsp3) is 0.300. The minimum absolute atomic E-state index is 0.163. The summed E-state index contributed by atoms with van der Waals surface area (Å²) in [5, 5.41) is 11.3. The second kappa shape index (κ2) is 3.34. The summed E-state index contributed by atoms with van der Waals surface area (Å²) >= 11 is 0. The molecule has 0 radical (unpaired) electrons. The van der Waals surface area contributed by atoms with Crippen LogP contribution < -0.4 is 10.4 Å². The Morgan fingerprint density at radius 1 is 1.47 bits per heavy atom. The summed E-state index contributed by atoms with van der Waals surface area (Å²) in [5.74, 6) is 0.163. The number of hydrogen-bond acceptors (Lipinski definition) is 3. The van der Waals surface area contributed by atoms with Crippen molar-refractivity contribution in [3.63, 3.8) is 0 Å². The van der Waals surface area contributed by atoms with Gasteiger partial charge in [-0.15, -0.1) is 0 Å². The molecule has 1 aliphatic rings. The highest BCUT2D eigenvalue weighted by Crippen LogP contribution is 2.28. The summed E-state index contributed by atoms with van der Waals surface area (Å²) < 4.78 is 0. The molecule has 0 aromatic heterocycles. The first-order valence-corrected chi connectivity index (χ1v) is 4.67. The van der Waals surface area contributed by atoms with Crippen LogP contribution in [0.4, 0.5) is 10.5 Å². The molecule has 2 rings (SSSR count). The normalized spacial score (nSPS) is 15.7. The van der Waals surface area contributed by atoms with E-state index >= 15 is 0 Å². The minimum Gasteiger partial charge on any atom is -0.506 e. The van der Waals surface area contributed by atoms with E-state index < -0.39 is 0 Å². The Kier molecular flexibility index (Phi) is 2.15. The number of urea groups is 1. The Bertz CT molecular complexity index is 406. The van der Waals surface area contributed by atoms with Crippen molar-refractivity contribution in [1.82, 2.24) is 10.3 Å². The number of aryl methyl sites for hydroxylation is 1. The van der Waals surface area contributed by atoms with Crippen LogP contribution >= 0.6 is 0 Å². The molecule has 1 saturated heterocycles. The first-order chi connectivity index (χ1) is 7.08. The molecule has 5 nitrogen and oxygen atoms in total. The van der Waals surface area contributed by atoms with E-state index in [1.165, 1.54) is 4.90 Å². The van der Waals surface area contributed by atoms with Crippen molar-refractivity contribution in [2.24, 2.45) is 0 Å². The lowest BCUT2D eigenvalue weighted by atomic mass is 10.2. The Hall–Kier alpha value is -1.91. The van der Waals surface area contributed by atoms with Crippen molar-refractivity contribution in [1.29, 1.82) is 0 Å². The van der Waals surface area contributed by atoms with Crippen molar-refractivity contribution in [3.8, 4) is 5.75 Å². The largest absolute Gasteiger partial charge is 0.506 e. The van der Waals surface area contributed by atoms with Crippen molar-refractivity contribution in [3.05, 3.63) is 23.8 Å². The number of rotatable bonds is 1. The van der Waals surface area contributed by atoms with Crippen LogP contribution in [0.2, 0.25) is 0 Å². The molecule has 1 heterocycles. The molecule has 2 amide bonds. The zero-order valence-corrected chi connectivity index (χ0v) is 8.69. The molecule has 1 aliphatic heterocycles. The van der Waals surface area contributed by atoms with E-state index in [1.54, 1.807) is 18.1 Å². The van der Waals surface area contributed by atoms with Crippen LogP contribution in [0.3, 0.4) is 0 Å². The molecule has 2 N–H and O–H groups in total. The third kappa shape index (κ3) is 1.68. The number of nitrogens with one attached hydrogen (secondary N) is 1. The third-order valence-corrected chi connectivity index (χ3v) is 2.35. The Morgan fingerprint density at radius 2 is 2.20 bits per heavy atom.